The molecule has 12 heteroatoms. The molecule has 1 unspecified atom stereocenters. The van der Waals surface area contributed by atoms with Crippen molar-refractivity contribution in [2.45, 2.75) is 81.5 Å². The molecule has 53 heavy (non-hydrogen) atoms. The fourth-order valence-corrected chi connectivity index (χ4v) is 11.5. The fraction of sp³-hybridized carbons (Fsp3) is 0.634. The molecule has 5 aliphatic rings. The highest BCUT2D eigenvalue weighted by atomic mass is 35.5. The summed E-state index contributed by atoms with van der Waals surface area (Å²) in [5, 5.41) is 13.3. The number of carbonyl (C=O) groups is 2. The van der Waals surface area contributed by atoms with E-state index in [2.05, 4.69) is 39.4 Å². The number of nitrogens with one attached hydrogen (secondary N) is 1. The summed E-state index contributed by atoms with van der Waals surface area (Å²) < 4.78 is 28.6. The molecule has 2 aromatic rings. The van der Waals surface area contributed by atoms with Gasteiger partial charge < -0.3 is 24.4 Å². The van der Waals surface area contributed by atoms with Crippen LogP contribution in [0.25, 0.3) is 0 Å². The van der Waals surface area contributed by atoms with Gasteiger partial charge in [0.2, 0.25) is 5.91 Å². The topological polar surface area (TPSA) is 112 Å². The first-order chi connectivity index (χ1) is 25.3. The first kappa shape index (κ1) is 38.4. The average Bonchev–Trinajstić information content (AvgIpc) is 3.26. The molecule has 1 spiro atoms. The van der Waals surface area contributed by atoms with Gasteiger partial charge in [0.15, 0.2) is 0 Å². The Morgan fingerprint density at radius 2 is 1.89 bits per heavy atom. The van der Waals surface area contributed by atoms with Crippen LogP contribution in [0, 0.1) is 17.8 Å². The number of benzene rings is 2. The van der Waals surface area contributed by atoms with Gasteiger partial charge >= 0.3 is 0 Å². The predicted octanol–water partition coefficient (Wildman–Crippen LogP) is 4.93. The smallest absolute Gasteiger partial charge is 0.262 e. The third kappa shape index (κ3) is 7.83. The largest absolute Gasteiger partial charge is 0.490 e. The summed E-state index contributed by atoms with van der Waals surface area (Å²) in [6, 6.07) is 11.8. The standard InChI is InChI=1S/C41H57ClN4O6S/c1-28-7-5-16-41(49,26-44-17-19-45(20-18-44)38(47)24-51-3)35-12-9-32(35)23-46-25-40(15-6-8-30-21-33(42)11-13-34(30)40)27-52-37-14-10-31(22-36(37)46)39(48)43-53(4,50)29(28)2/h10-11,13-14,21-22,28-29,32,35,49H,4-9,12,15-20,23-27H2,1-3H3,(H,43,48,50)/t28-,29+,32-,35+,40-,41+,53?/m0/s1. The zero-order chi connectivity index (χ0) is 37.5. The predicted molar refractivity (Wildman–Crippen MR) is 211 cm³/mol. The Bertz CT molecular complexity index is 1800. The second-order valence-corrected chi connectivity index (χ2v) is 19.5. The van der Waals surface area contributed by atoms with Gasteiger partial charge in [-0.15, -0.1) is 0 Å². The maximum absolute atomic E-state index is 14.0. The van der Waals surface area contributed by atoms with Crippen LogP contribution < -0.4 is 14.4 Å². The van der Waals surface area contributed by atoms with E-state index in [1.807, 2.05) is 30.0 Å². The highest BCUT2D eigenvalue weighted by molar-refractivity contribution is 7.99. The summed E-state index contributed by atoms with van der Waals surface area (Å²) in [5.41, 5.74) is 2.61. The van der Waals surface area contributed by atoms with Crippen molar-refractivity contribution in [2.75, 3.05) is 71.0 Å². The molecule has 2 aliphatic carbocycles. The van der Waals surface area contributed by atoms with Gasteiger partial charge in [-0.05, 0) is 117 Å². The summed E-state index contributed by atoms with van der Waals surface area (Å²) >= 11 is 6.49. The zero-order valence-electron chi connectivity index (χ0n) is 31.6. The van der Waals surface area contributed by atoms with Crippen LogP contribution >= 0.6 is 11.6 Å². The fourth-order valence-electron chi connectivity index (χ4n) is 9.82. The molecule has 2 aromatic carbocycles. The van der Waals surface area contributed by atoms with Crippen molar-refractivity contribution >= 4 is 44.7 Å². The quantitative estimate of drug-likeness (QED) is 0.422. The first-order valence-corrected chi connectivity index (χ1v) is 21.7. The van der Waals surface area contributed by atoms with Crippen molar-refractivity contribution in [3.05, 3.63) is 58.1 Å². The minimum atomic E-state index is -2.98. The summed E-state index contributed by atoms with van der Waals surface area (Å²) in [6.07, 6.45) is 7.08. The third-order valence-corrected chi connectivity index (χ3v) is 15.7. The molecule has 0 radical (unpaired) electrons. The normalized spacial score (nSPS) is 33.9. The molecule has 2 N–H and O–H groups in total. The van der Waals surface area contributed by atoms with E-state index in [1.165, 1.54) is 11.1 Å². The van der Waals surface area contributed by atoms with E-state index in [9.17, 15) is 18.9 Å². The number of amides is 2. The lowest BCUT2D eigenvalue weighted by atomic mass is 9.62. The lowest BCUT2D eigenvalue weighted by Gasteiger charge is -2.52. The van der Waals surface area contributed by atoms with Gasteiger partial charge in [-0.3, -0.25) is 19.2 Å². The van der Waals surface area contributed by atoms with Gasteiger partial charge in [0.25, 0.3) is 5.91 Å². The molecule has 10 nitrogen and oxygen atoms in total. The Morgan fingerprint density at radius 3 is 2.62 bits per heavy atom. The van der Waals surface area contributed by atoms with Crippen LogP contribution in [0.3, 0.4) is 0 Å². The number of anilines is 1. The number of methoxy groups -OCH3 is 1. The number of aryl methyl sites for hydroxylation is 1. The van der Waals surface area contributed by atoms with Crippen molar-refractivity contribution < 1.29 is 28.4 Å². The molecular weight excluding hydrogens is 712 g/mol. The number of ether oxygens (including phenoxy) is 2. The van der Waals surface area contributed by atoms with Crippen LogP contribution in [0.5, 0.6) is 5.75 Å². The SMILES string of the molecule is C=S1(=O)NC(=O)c2ccc3c(c2)N(C[C@@H]2CC[C@H]2[C@](O)(CN2CCN(C(=O)COC)CC2)CCC[C@H](C)[C@H]1C)C[C@@]1(CCCc2cc(Cl)ccc21)CO3. The van der Waals surface area contributed by atoms with Gasteiger partial charge in [0.05, 0.1) is 27.6 Å². The highest BCUT2D eigenvalue weighted by Crippen LogP contribution is 2.49. The first-order valence-electron chi connectivity index (χ1n) is 19.5. The van der Waals surface area contributed by atoms with Crippen LogP contribution in [0.15, 0.2) is 36.4 Å². The van der Waals surface area contributed by atoms with Crippen molar-refractivity contribution in [1.82, 2.24) is 14.5 Å². The summed E-state index contributed by atoms with van der Waals surface area (Å²) in [4.78, 5) is 32.9. The Labute approximate surface area is 320 Å². The van der Waals surface area contributed by atoms with E-state index in [0.717, 1.165) is 68.0 Å². The number of halogens is 1. The molecule has 2 amide bonds. The minimum Gasteiger partial charge on any atom is -0.490 e. The number of hydrogen-bond donors (Lipinski definition) is 2. The zero-order valence-corrected chi connectivity index (χ0v) is 33.2. The Morgan fingerprint density at radius 1 is 1.09 bits per heavy atom. The number of piperazine rings is 1. The number of nitrogens with zero attached hydrogens (tertiary/aromatic N) is 3. The van der Waals surface area contributed by atoms with Crippen molar-refractivity contribution in [3.63, 3.8) is 0 Å². The molecule has 2 bridgehead atoms. The van der Waals surface area contributed by atoms with Crippen LogP contribution in [-0.2, 0) is 31.1 Å². The molecule has 2 fully saturated rings. The summed E-state index contributed by atoms with van der Waals surface area (Å²) in [5.74, 6) is 4.72. The van der Waals surface area contributed by atoms with Gasteiger partial charge in [0, 0.05) is 74.2 Å². The molecular formula is C41H57ClN4O6S. The van der Waals surface area contributed by atoms with E-state index in [4.69, 9.17) is 21.1 Å². The molecule has 7 rings (SSSR count). The maximum atomic E-state index is 14.0. The Kier molecular flexibility index (Phi) is 11.1. The van der Waals surface area contributed by atoms with Crippen LogP contribution in [0.4, 0.5) is 5.69 Å². The van der Waals surface area contributed by atoms with Crippen LogP contribution in [0.1, 0.15) is 80.3 Å². The summed E-state index contributed by atoms with van der Waals surface area (Å²) in [6.45, 7) is 9.19. The Hall–Kier alpha value is -2.83. The average molecular weight is 769 g/mol. The van der Waals surface area contributed by atoms with E-state index < -0.39 is 21.2 Å². The molecule has 3 aliphatic heterocycles. The number of fused-ring (bicyclic) bond motifs is 4. The number of hydrogen-bond acceptors (Lipinski definition) is 8. The van der Waals surface area contributed by atoms with E-state index >= 15 is 0 Å². The minimum absolute atomic E-state index is 0.00208. The van der Waals surface area contributed by atoms with Gasteiger partial charge in [-0.1, -0.05) is 31.0 Å². The van der Waals surface area contributed by atoms with Gasteiger partial charge in [-0.2, -0.15) is 0 Å². The van der Waals surface area contributed by atoms with Crippen molar-refractivity contribution in [1.29, 1.82) is 0 Å². The lowest BCUT2D eigenvalue weighted by molar-refractivity contribution is -0.139. The van der Waals surface area contributed by atoms with Crippen molar-refractivity contribution in [3.8, 4) is 5.75 Å². The van der Waals surface area contributed by atoms with Crippen molar-refractivity contribution in [2.24, 2.45) is 17.8 Å². The van der Waals surface area contributed by atoms with Gasteiger partial charge in [0.1, 0.15) is 12.4 Å². The molecule has 1 saturated carbocycles. The molecule has 3 heterocycles. The number of rotatable bonds is 4. The van der Waals surface area contributed by atoms with E-state index in [-0.39, 0.29) is 40.9 Å². The van der Waals surface area contributed by atoms with E-state index in [0.29, 0.717) is 57.9 Å². The summed E-state index contributed by atoms with van der Waals surface area (Å²) in [7, 11) is -1.44. The monoisotopic (exact) mass is 768 g/mol. The molecule has 290 valence electrons. The van der Waals surface area contributed by atoms with Gasteiger partial charge in [-0.25, -0.2) is 4.21 Å². The number of carbonyl (C=O) groups excluding carboxylic acids is 2. The van der Waals surface area contributed by atoms with Crippen LogP contribution in [-0.4, -0.2) is 114 Å². The van der Waals surface area contributed by atoms with E-state index in [1.54, 1.807) is 13.2 Å². The molecule has 0 aromatic heterocycles. The lowest BCUT2D eigenvalue weighted by Crippen LogP contribution is -2.59. The Balaban J connectivity index is 1.24. The second kappa shape index (κ2) is 15.4. The maximum Gasteiger partial charge on any atom is 0.262 e. The second-order valence-electron chi connectivity index (χ2n) is 16.7. The molecule has 7 atom stereocenters. The molecule has 1 saturated heterocycles. The highest BCUT2D eigenvalue weighted by Gasteiger charge is 2.49. The number of β-amino-alcohol motifs (C(OH)–C–C–N with tert-alkyl or cyclic N) is 1. The third-order valence-electron chi connectivity index (χ3n) is 13.3. The number of aliphatic hydroxyl groups is 1. The van der Waals surface area contributed by atoms with Crippen LogP contribution in [0.2, 0.25) is 5.02 Å².